The summed E-state index contributed by atoms with van der Waals surface area (Å²) in [5.41, 5.74) is 0.231. The summed E-state index contributed by atoms with van der Waals surface area (Å²) in [6.07, 6.45) is -4.45. The Labute approximate surface area is 154 Å². The van der Waals surface area contributed by atoms with Gasteiger partial charge in [-0.1, -0.05) is 12.1 Å². The van der Waals surface area contributed by atoms with E-state index in [1.165, 1.54) is 12.1 Å². The maximum Gasteiger partial charge on any atom is 0.416 e. The van der Waals surface area contributed by atoms with Crippen molar-refractivity contribution in [1.29, 1.82) is 0 Å². The van der Waals surface area contributed by atoms with Gasteiger partial charge in [0.25, 0.3) is 5.91 Å². The summed E-state index contributed by atoms with van der Waals surface area (Å²) in [5, 5.41) is 5.26. The zero-order chi connectivity index (χ0) is 19.9. The number of likely N-dealkylation sites (N-methyl/N-ethyl adjacent to an activating group) is 1. The highest BCUT2D eigenvalue weighted by Crippen LogP contribution is 2.29. The zero-order valence-electron chi connectivity index (χ0n) is 14.6. The molecule has 0 saturated heterocycles. The summed E-state index contributed by atoms with van der Waals surface area (Å²) in [6, 6.07) is 10.9. The minimum atomic E-state index is -4.40. The van der Waals surface area contributed by atoms with Crippen LogP contribution in [0.25, 0.3) is 0 Å². The van der Waals surface area contributed by atoms with E-state index < -0.39 is 11.7 Å². The summed E-state index contributed by atoms with van der Waals surface area (Å²) in [7, 11) is 0. The van der Waals surface area contributed by atoms with Gasteiger partial charge in [0, 0.05) is 12.2 Å². The predicted octanol–water partition coefficient (Wildman–Crippen LogP) is 3.40. The van der Waals surface area contributed by atoms with Gasteiger partial charge < -0.3 is 15.4 Å². The molecule has 0 radical (unpaired) electrons. The smallest absolute Gasteiger partial charge is 0.416 e. The SMILES string of the molecule is CCNC(=O)COc1ccc(NC(=O)Cc2ccc(C(F)(F)F)cc2)cc1. The molecular weight excluding hydrogens is 361 g/mol. The highest BCUT2D eigenvalue weighted by molar-refractivity contribution is 5.92. The van der Waals surface area contributed by atoms with Crippen molar-refractivity contribution < 1.29 is 27.5 Å². The number of amides is 2. The number of anilines is 1. The number of benzene rings is 2. The number of nitrogens with one attached hydrogen (secondary N) is 2. The molecule has 0 aliphatic rings. The standard InChI is InChI=1S/C19H19F3N2O3/c1-2-23-18(26)12-27-16-9-7-15(8-10-16)24-17(25)11-13-3-5-14(6-4-13)19(20,21)22/h3-10H,2,11-12H2,1H3,(H,23,26)(H,24,25). The highest BCUT2D eigenvalue weighted by atomic mass is 19.4. The molecule has 0 saturated carbocycles. The normalized spacial score (nSPS) is 11.0. The first-order valence-corrected chi connectivity index (χ1v) is 8.23. The lowest BCUT2D eigenvalue weighted by Crippen LogP contribution is -2.28. The molecule has 2 aromatic carbocycles. The summed E-state index contributed by atoms with van der Waals surface area (Å²) in [5.74, 6) is -0.112. The van der Waals surface area contributed by atoms with Gasteiger partial charge in [0.2, 0.25) is 5.91 Å². The van der Waals surface area contributed by atoms with Crippen molar-refractivity contribution >= 4 is 17.5 Å². The molecular formula is C19H19F3N2O3. The molecule has 0 spiro atoms. The molecule has 0 fully saturated rings. The Morgan fingerprint density at radius 2 is 1.59 bits per heavy atom. The van der Waals surface area contributed by atoms with E-state index in [2.05, 4.69) is 10.6 Å². The Bertz CT molecular complexity index is 772. The lowest BCUT2D eigenvalue weighted by atomic mass is 10.1. The Balaban J connectivity index is 1.86. The first kappa shape index (κ1) is 20.3. The van der Waals surface area contributed by atoms with Crippen LogP contribution >= 0.6 is 0 Å². The van der Waals surface area contributed by atoms with Gasteiger partial charge >= 0.3 is 6.18 Å². The molecule has 27 heavy (non-hydrogen) atoms. The summed E-state index contributed by atoms with van der Waals surface area (Å²) in [6.45, 7) is 2.22. The van der Waals surface area contributed by atoms with Gasteiger partial charge in [-0.15, -0.1) is 0 Å². The number of carbonyl (C=O) groups excluding carboxylic acids is 2. The van der Waals surface area contributed by atoms with E-state index in [4.69, 9.17) is 4.74 Å². The van der Waals surface area contributed by atoms with Crippen LogP contribution in [0.3, 0.4) is 0 Å². The maximum absolute atomic E-state index is 12.5. The fourth-order valence-electron chi connectivity index (χ4n) is 2.23. The molecule has 5 nitrogen and oxygen atoms in total. The Hall–Kier alpha value is -3.03. The van der Waals surface area contributed by atoms with Gasteiger partial charge in [-0.3, -0.25) is 9.59 Å². The molecule has 0 aliphatic carbocycles. The van der Waals surface area contributed by atoms with Crippen LogP contribution in [0.15, 0.2) is 48.5 Å². The number of alkyl halides is 3. The number of ether oxygens (including phenoxy) is 1. The second-order valence-electron chi connectivity index (χ2n) is 5.69. The van der Waals surface area contributed by atoms with Gasteiger partial charge in [-0.05, 0) is 48.9 Å². The van der Waals surface area contributed by atoms with Crippen LogP contribution in [0.2, 0.25) is 0 Å². The molecule has 144 valence electrons. The van der Waals surface area contributed by atoms with Crippen molar-refractivity contribution in [1.82, 2.24) is 5.32 Å². The number of rotatable bonds is 7. The van der Waals surface area contributed by atoms with Crippen LogP contribution in [0.4, 0.5) is 18.9 Å². The van der Waals surface area contributed by atoms with Crippen LogP contribution in [0.5, 0.6) is 5.75 Å². The van der Waals surface area contributed by atoms with Gasteiger partial charge in [-0.2, -0.15) is 13.2 Å². The molecule has 0 unspecified atom stereocenters. The fraction of sp³-hybridized carbons (Fsp3) is 0.263. The third-order valence-electron chi connectivity index (χ3n) is 3.53. The largest absolute Gasteiger partial charge is 0.484 e. The van der Waals surface area contributed by atoms with Crippen molar-refractivity contribution in [3.8, 4) is 5.75 Å². The molecule has 0 bridgehead atoms. The van der Waals surface area contributed by atoms with Crippen molar-refractivity contribution in [2.24, 2.45) is 0 Å². The monoisotopic (exact) mass is 380 g/mol. The van der Waals surface area contributed by atoms with E-state index in [9.17, 15) is 22.8 Å². The van der Waals surface area contributed by atoms with Crippen LogP contribution in [0.1, 0.15) is 18.1 Å². The van der Waals surface area contributed by atoms with Crippen molar-refractivity contribution in [3.63, 3.8) is 0 Å². The average molecular weight is 380 g/mol. The Morgan fingerprint density at radius 3 is 2.15 bits per heavy atom. The molecule has 0 aliphatic heterocycles. The average Bonchev–Trinajstić information content (AvgIpc) is 2.61. The molecule has 2 amide bonds. The van der Waals surface area contributed by atoms with Gasteiger partial charge in [0.15, 0.2) is 6.61 Å². The maximum atomic E-state index is 12.5. The molecule has 8 heteroatoms. The molecule has 2 N–H and O–H groups in total. The van der Waals surface area contributed by atoms with Crippen LogP contribution in [-0.2, 0) is 22.2 Å². The van der Waals surface area contributed by atoms with Crippen molar-refractivity contribution in [2.45, 2.75) is 19.5 Å². The lowest BCUT2D eigenvalue weighted by molar-refractivity contribution is -0.137. The number of carbonyl (C=O) groups is 2. The first-order valence-electron chi connectivity index (χ1n) is 8.23. The minimum absolute atomic E-state index is 0.0480. The Kier molecular flexibility index (Phi) is 6.81. The van der Waals surface area contributed by atoms with Gasteiger partial charge in [-0.25, -0.2) is 0 Å². The van der Waals surface area contributed by atoms with Gasteiger partial charge in [0.1, 0.15) is 5.75 Å². The first-order chi connectivity index (χ1) is 12.8. The van der Waals surface area contributed by atoms with Crippen molar-refractivity contribution in [2.75, 3.05) is 18.5 Å². The molecule has 2 rings (SSSR count). The Morgan fingerprint density at radius 1 is 0.963 bits per heavy atom. The number of halogens is 3. The quantitative estimate of drug-likeness (QED) is 0.774. The zero-order valence-corrected chi connectivity index (χ0v) is 14.6. The molecule has 0 atom stereocenters. The third kappa shape index (κ3) is 6.65. The van der Waals surface area contributed by atoms with E-state index in [1.54, 1.807) is 31.2 Å². The predicted molar refractivity (Wildman–Crippen MR) is 94.4 cm³/mol. The summed E-state index contributed by atoms with van der Waals surface area (Å²) < 4.78 is 42.9. The highest BCUT2D eigenvalue weighted by Gasteiger charge is 2.29. The lowest BCUT2D eigenvalue weighted by Gasteiger charge is -2.09. The number of hydrogen-bond donors (Lipinski definition) is 2. The van der Waals surface area contributed by atoms with Crippen LogP contribution in [-0.4, -0.2) is 25.0 Å². The third-order valence-corrected chi connectivity index (χ3v) is 3.53. The summed E-state index contributed by atoms with van der Waals surface area (Å²) in [4.78, 5) is 23.3. The molecule has 2 aromatic rings. The topological polar surface area (TPSA) is 67.4 Å². The molecule has 0 aromatic heterocycles. The van der Waals surface area contributed by atoms with Gasteiger partial charge in [0.05, 0.1) is 12.0 Å². The molecule has 0 heterocycles. The minimum Gasteiger partial charge on any atom is -0.484 e. The van der Waals surface area contributed by atoms with Crippen LogP contribution < -0.4 is 15.4 Å². The van der Waals surface area contributed by atoms with Crippen molar-refractivity contribution in [3.05, 3.63) is 59.7 Å². The van der Waals surface area contributed by atoms with E-state index in [1.807, 2.05) is 0 Å². The van der Waals surface area contributed by atoms with E-state index >= 15 is 0 Å². The van der Waals surface area contributed by atoms with E-state index in [0.717, 1.165) is 12.1 Å². The van der Waals surface area contributed by atoms with E-state index in [0.29, 0.717) is 23.5 Å². The van der Waals surface area contributed by atoms with Crippen LogP contribution in [0, 0.1) is 0 Å². The number of hydrogen-bond acceptors (Lipinski definition) is 3. The van der Waals surface area contributed by atoms with E-state index in [-0.39, 0.29) is 24.8 Å². The second kappa shape index (κ2) is 9.07. The summed E-state index contributed by atoms with van der Waals surface area (Å²) >= 11 is 0. The second-order valence-corrected chi connectivity index (χ2v) is 5.69. The fourth-order valence-corrected chi connectivity index (χ4v) is 2.23.